The Balaban J connectivity index is 1.99. The Morgan fingerprint density at radius 1 is 1.50 bits per heavy atom. The summed E-state index contributed by atoms with van der Waals surface area (Å²) in [6, 6.07) is 1.40. The molecule has 2 N–H and O–H groups in total. The van der Waals surface area contributed by atoms with Gasteiger partial charge in [-0.15, -0.1) is 11.3 Å². The second-order valence-electron chi connectivity index (χ2n) is 3.84. The molecule has 0 saturated heterocycles. The van der Waals surface area contributed by atoms with Crippen molar-refractivity contribution in [3.63, 3.8) is 0 Å². The van der Waals surface area contributed by atoms with Crippen molar-refractivity contribution in [1.29, 1.82) is 0 Å². The fourth-order valence-corrected chi connectivity index (χ4v) is 2.17. The van der Waals surface area contributed by atoms with Gasteiger partial charge < -0.3 is 14.8 Å². The minimum atomic E-state index is -4.36. The molecule has 2 heterocycles. The molecule has 108 valence electrons. The molecule has 0 bridgehead atoms. The van der Waals surface area contributed by atoms with Gasteiger partial charge in [0.05, 0.1) is 12.3 Å². The number of nitrogens with zero attached hydrogens (tertiary/aromatic N) is 1. The van der Waals surface area contributed by atoms with Crippen LogP contribution in [0.1, 0.15) is 15.5 Å². The Bertz CT molecular complexity index is 606. The van der Waals surface area contributed by atoms with Crippen LogP contribution in [0.15, 0.2) is 17.6 Å². The molecule has 0 aliphatic rings. The van der Waals surface area contributed by atoms with Crippen LogP contribution in [-0.2, 0) is 11.3 Å². The lowest BCUT2D eigenvalue weighted by atomic mass is 10.2. The van der Waals surface area contributed by atoms with Crippen molar-refractivity contribution in [3.8, 4) is 11.3 Å². The largest absolute Gasteiger partial charge is 0.477 e. The van der Waals surface area contributed by atoms with Gasteiger partial charge in [0.15, 0.2) is 0 Å². The molecule has 2 rings (SSSR count). The van der Waals surface area contributed by atoms with Crippen LogP contribution in [0.25, 0.3) is 11.3 Å². The molecule has 2 aromatic heterocycles. The first-order valence-corrected chi connectivity index (χ1v) is 6.24. The Hall–Kier alpha value is -1.87. The van der Waals surface area contributed by atoms with Crippen LogP contribution in [0.5, 0.6) is 0 Å². The highest BCUT2D eigenvalue weighted by Crippen LogP contribution is 2.23. The lowest BCUT2D eigenvalue weighted by molar-refractivity contribution is -0.176. The highest BCUT2D eigenvalue weighted by Gasteiger charge is 2.27. The average molecular weight is 306 g/mol. The number of H-pyrrole nitrogens is 1. The normalized spacial score (nSPS) is 11.8. The number of ether oxygens (including phenoxy) is 1. The SMILES string of the molecule is O=C(O)c1cc(-c2csc(COCC(F)(F)F)n2)c[nH]1. The second kappa shape index (κ2) is 5.63. The zero-order chi connectivity index (χ0) is 14.8. The monoisotopic (exact) mass is 306 g/mol. The summed E-state index contributed by atoms with van der Waals surface area (Å²) in [4.78, 5) is 17.4. The van der Waals surface area contributed by atoms with Crippen LogP contribution in [0, 0.1) is 0 Å². The first-order chi connectivity index (χ1) is 9.35. The van der Waals surface area contributed by atoms with Crippen molar-refractivity contribution < 1.29 is 27.8 Å². The molecule has 0 aliphatic heterocycles. The van der Waals surface area contributed by atoms with Crippen LogP contribution < -0.4 is 0 Å². The number of carbonyl (C=O) groups is 1. The van der Waals surface area contributed by atoms with E-state index < -0.39 is 18.8 Å². The van der Waals surface area contributed by atoms with E-state index in [0.717, 1.165) is 11.3 Å². The van der Waals surface area contributed by atoms with Gasteiger partial charge >= 0.3 is 12.1 Å². The lowest BCUT2D eigenvalue weighted by Gasteiger charge is -2.05. The van der Waals surface area contributed by atoms with E-state index in [-0.39, 0.29) is 12.3 Å². The predicted molar refractivity (Wildman–Crippen MR) is 64.6 cm³/mol. The van der Waals surface area contributed by atoms with Crippen molar-refractivity contribution in [1.82, 2.24) is 9.97 Å². The molecule has 0 unspecified atom stereocenters. The van der Waals surface area contributed by atoms with Crippen molar-refractivity contribution >= 4 is 17.3 Å². The summed E-state index contributed by atoms with van der Waals surface area (Å²) in [5, 5.41) is 10.8. The number of thiazole rings is 1. The minimum Gasteiger partial charge on any atom is -0.477 e. The van der Waals surface area contributed by atoms with E-state index in [9.17, 15) is 18.0 Å². The molecular weight excluding hydrogens is 297 g/mol. The molecule has 0 atom stereocenters. The van der Waals surface area contributed by atoms with Gasteiger partial charge in [-0.1, -0.05) is 0 Å². The summed E-state index contributed by atoms with van der Waals surface area (Å²) in [5.74, 6) is -1.10. The van der Waals surface area contributed by atoms with Crippen LogP contribution in [0.4, 0.5) is 13.2 Å². The van der Waals surface area contributed by atoms with Gasteiger partial charge in [0, 0.05) is 17.1 Å². The van der Waals surface area contributed by atoms with Crippen molar-refractivity contribution in [2.24, 2.45) is 0 Å². The number of aromatic carboxylic acids is 1. The molecule has 5 nitrogen and oxygen atoms in total. The van der Waals surface area contributed by atoms with Gasteiger partial charge in [-0.05, 0) is 6.07 Å². The molecule has 0 fully saturated rings. The number of hydrogen-bond donors (Lipinski definition) is 2. The van der Waals surface area contributed by atoms with E-state index in [1.807, 2.05) is 0 Å². The zero-order valence-electron chi connectivity index (χ0n) is 9.90. The number of carboxylic acids is 1. The van der Waals surface area contributed by atoms with Gasteiger partial charge in [-0.2, -0.15) is 13.2 Å². The average Bonchev–Trinajstić information content (AvgIpc) is 2.94. The summed E-state index contributed by atoms with van der Waals surface area (Å²) in [6.07, 6.45) is -2.89. The van der Waals surface area contributed by atoms with Crippen LogP contribution in [-0.4, -0.2) is 33.8 Å². The van der Waals surface area contributed by atoms with Gasteiger partial charge in [0.2, 0.25) is 0 Å². The van der Waals surface area contributed by atoms with Gasteiger partial charge in [0.1, 0.15) is 17.3 Å². The third-order valence-electron chi connectivity index (χ3n) is 2.25. The number of hydrogen-bond acceptors (Lipinski definition) is 4. The Labute approximate surface area is 115 Å². The minimum absolute atomic E-state index is 0.0165. The topological polar surface area (TPSA) is 75.2 Å². The molecule has 2 aromatic rings. The number of halogens is 3. The molecule has 0 aliphatic carbocycles. The standard InChI is InChI=1S/C11H9F3N2O3S/c12-11(13,14)5-19-3-9-16-8(4-20-9)6-1-7(10(17)18)15-2-6/h1-2,4,15H,3,5H2,(H,17,18). The van der Waals surface area contributed by atoms with Gasteiger partial charge in [0.25, 0.3) is 0 Å². The quantitative estimate of drug-likeness (QED) is 0.890. The smallest absolute Gasteiger partial charge is 0.411 e. The molecule has 0 amide bonds. The highest BCUT2D eigenvalue weighted by molar-refractivity contribution is 7.09. The first-order valence-electron chi connectivity index (χ1n) is 5.36. The summed E-state index contributed by atoms with van der Waals surface area (Å²) < 4.78 is 40.2. The fourth-order valence-electron chi connectivity index (χ4n) is 1.43. The van der Waals surface area contributed by atoms with Gasteiger partial charge in [-0.3, -0.25) is 0 Å². The molecule has 20 heavy (non-hydrogen) atoms. The molecule has 9 heteroatoms. The molecule has 0 spiro atoms. The van der Waals surface area contributed by atoms with Crippen molar-refractivity contribution in [3.05, 3.63) is 28.3 Å². The Kier molecular flexibility index (Phi) is 4.09. The maximum atomic E-state index is 11.9. The lowest BCUT2D eigenvalue weighted by Crippen LogP contribution is -2.16. The predicted octanol–water partition coefficient (Wildman–Crippen LogP) is 2.92. The van der Waals surface area contributed by atoms with E-state index in [0.29, 0.717) is 16.3 Å². The van der Waals surface area contributed by atoms with E-state index in [1.165, 1.54) is 12.3 Å². The van der Waals surface area contributed by atoms with Crippen LogP contribution in [0.2, 0.25) is 0 Å². The first kappa shape index (κ1) is 14.5. The number of rotatable bonds is 5. The summed E-state index contributed by atoms with van der Waals surface area (Å²) in [7, 11) is 0. The third-order valence-corrected chi connectivity index (χ3v) is 3.07. The number of aromatic nitrogens is 2. The molecule has 0 aromatic carbocycles. The van der Waals surface area contributed by atoms with Crippen molar-refractivity contribution in [2.45, 2.75) is 12.8 Å². The van der Waals surface area contributed by atoms with Crippen molar-refractivity contribution in [2.75, 3.05) is 6.61 Å². The Morgan fingerprint density at radius 2 is 2.25 bits per heavy atom. The van der Waals surface area contributed by atoms with Crippen LogP contribution >= 0.6 is 11.3 Å². The number of aromatic amines is 1. The number of alkyl halides is 3. The fraction of sp³-hybridized carbons (Fsp3) is 0.273. The Morgan fingerprint density at radius 3 is 2.85 bits per heavy atom. The number of carboxylic acid groups (broad SMARTS) is 1. The molecular formula is C11H9F3N2O3S. The molecule has 0 radical (unpaired) electrons. The second-order valence-corrected chi connectivity index (χ2v) is 4.78. The maximum Gasteiger partial charge on any atom is 0.411 e. The van der Waals surface area contributed by atoms with Crippen LogP contribution in [0.3, 0.4) is 0 Å². The summed E-state index contributed by atoms with van der Waals surface area (Å²) in [6.45, 7) is -1.56. The zero-order valence-corrected chi connectivity index (χ0v) is 10.7. The summed E-state index contributed by atoms with van der Waals surface area (Å²) >= 11 is 1.15. The van der Waals surface area contributed by atoms with E-state index in [2.05, 4.69) is 14.7 Å². The third kappa shape index (κ3) is 3.81. The van der Waals surface area contributed by atoms with E-state index >= 15 is 0 Å². The van der Waals surface area contributed by atoms with E-state index in [4.69, 9.17) is 5.11 Å². The highest BCUT2D eigenvalue weighted by atomic mass is 32.1. The van der Waals surface area contributed by atoms with Gasteiger partial charge in [-0.25, -0.2) is 9.78 Å². The molecule has 0 saturated carbocycles. The van der Waals surface area contributed by atoms with E-state index in [1.54, 1.807) is 5.38 Å². The number of nitrogens with one attached hydrogen (secondary N) is 1. The summed E-state index contributed by atoms with van der Waals surface area (Å²) in [5.41, 5.74) is 1.06. The maximum absolute atomic E-state index is 11.9.